The van der Waals surface area contributed by atoms with Crippen LogP contribution < -0.4 is 14.8 Å². The Balaban J connectivity index is 1.42. The molecule has 0 atom stereocenters. The third-order valence-electron chi connectivity index (χ3n) is 3.67. The van der Waals surface area contributed by atoms with Gasteiger partial charge in [-0.2, -0.15) is 5.10 Å². The van der Waals surface area contributed by atoms with Gasteiger partial charge in [-0.25, -0.2) is 0 Å². The van der Waals surface area contributed by atoms with Crippen LogP contribution in [0.2, 0.25) is 0 Å². The third kappa shape index (κ3) is 3.55. The lowest BCUT2D eigenvalue weighted by atomic mass is 10.1. The predicted octanol–water partition coefficient (Wildman–Crippen LogP) is 2.21. The molecule has 0 bridgehead atoms. The molecule has 0 saturated heterocycles. The fraction of sp³-hybridized carbons (Fsp3) is 0.438. The highest BCUT2D eigenvalue weighted by Crippen LogP contribution is 2.30. The number of rotatable bonds is 6. The SMILES string of the molecule is Cc1[nH]ncc1CCCNCc1ccc2c(c1)OCCO2. The van der Waals surface area contributed by atoms with Gasteiger partial charge in [0.05, 0.1) is 6.20 Å². The molecule has 2 aromatic rings. The second-order valence-corrected chi connectivity index (χ2v) is 5.28. The molecule has 1 aliphatic rings. The van der Waals surface area contributed by atoms with Crippen LogP contribution >= 0.6 is 0 Å². The molecule has 0 spiro atoms. The van der Waals surface area contributed by atoms with Crippen molar-refractivity contribution in [3.05, 3.63) is 41.2 Å². The summed E-state index contributed by atoms with van der Waals surface area (Å²) in [4.78, 5) is 0. The zero-order chi connectivity index (χ0) is 14.5. The number of H-pyrrole nitrogens is 1. The molecule has 0 amide bonds. The van der Waals surface area contributed by atoms with Crippen molar-refractivity contribution in [2.24, 2.45) is 0 Å². The Bertz CT molecular complexity index is 595. The van der Waals surface area contributed by atoms with E-state index < -0.39 is 0 Å². The van der Waals surface area contributed by atoms with Crippen molar-refractivity contribution < 1.29 is 9.47 Å². The summed E-state index contributed by atoms with van der Waals surface area (Å²) in [5.74, 6) is 1.70. The molecule has 1 aromatic heterocycles. The fourth-order valence-corrected chi connectivity index (χ4v) is 2.46. The molecule has 0 radical (unpaired) electrons. The molecular weight excluding hydrogens is 266 g/mol. The molecule has 0 aliphatic carbocycles. The Hall–Kier alpha value is -2.01. The first-order chi connectivity index (χ1) is 10.3. The molecule has 2 N–H and O–H groups in total. The molecule has 2 heterocycles. The van der Waals surface area contributed by atoms with E-state index in [1.54, 1.807) is 0 Å². The maximum absolute atomic E-state index is 5.59. The number of fused-ring (bicyclic) bond motifs is 1. The summed E-state index contributed by atoms with van der Waals surface area (Å²) in [5, 5.41) is 10.5. The minimum atomic E-state index is 0.633. The highest BCUT2D eigenvalue weighted by molar-refractivity contribution is 5.43. The normalized spacial score (nSPS) is 13.4. The Morgan fingerprint density at radius 2 is 2.10 bits per heavy atom. The Morgan fingerprint density at radius 3 is 2.90 bits per heavy atom. The number of nitrogens with zero attached hydrogens (tertiary/aromatic N) is 1. The largest absolute Gasteiger partial charge is 0.486 e. The quantitative estimate of drug-likeness (QED) is 0.800. The second-order valence-electron chi connectivity index (χ2n) is 5.28. The topological polar surface area (TPSA) is 59.2 Å². The van der Waals surface area contributed by atoms with Crippen LogP contribution in [-0.4, -0.2) is 30.0 Å². The van der Waals surface area contributed by atoms with Gasteiger partial charge in [-0.1, -0.05) is 6.07 Å². The lowest BCUT2D eigenvalue weighted by Crippen LogP contribution is -2.17. The van der Waals surface area contributed by atoms with E-state index in [9.17, 15) is 0 Å². The van der Waals surface area contributed by atoms with Crippen molar-refractivity contribution in [2.75, 3.05) is 19.8 Å². The monoisotopic (exact) mass is 287 g/mol. The van der Waals surface area contributed by atoms with Crippen LogP contribution in [0.5, 0.6) is 11.5 Å². The van der Waals surface area contributed by atoms with Crippen molar-refractivity contribution in [3.63, 3.8) is 0 Å². The van der Waals surface area contributed by atoms with Crippen molar-refractivity contribution in [2.45, 2.75) is 26.3 Å². The maximum atomic E-state index is 5.59. The Kier molecular flexibility index (Phi) is 4.40. The molecule has 0 saturated carbocycles. The van der Waals surface area contributed by atoms with Crippen molar-refractivity contribution in [3.8, 4) is 11.5 Å². The van der Waals surface area contributed by atoms with E-state index in [4.69, 9.17) is 9.47 Å². The van der Waals surface area contributed by atoms with Gasteiger partial charge in [-0.05, 0) is 49.6 Å². The van der Waals surface area contributed by atoms with Crippen LogP contribution in [0.4, 0.5) is 0 Å². The summed E-state index contributed by atoms with van der Waals surface area (Å²) in [6.45, 7) is 5.16. The molecular formula is C16H21N3O2. The standard InChI is InChI=1S/C16H21N3O2/c1-12-14(11-18-19-12)3-2-6-17-10-13-4-5-15-16(9-13)21-8-7-20-15/h4-5,9,11,17H,2-3,6-8,10H2,1H3,(H,18,19). The van der Waals surface area contributed by atoms with Crippen LogP contribution in [0.25, 0.3) is 0 Å². The summed E-state index contributed by atoms with van der Waals surface area (Å²) in [5.41, 5.74) is 3.69. The lowest BCUT2D eigenvalue weighted by Gasteiger charge is -2.19. The van der Waals surface area contributed by atoms with E-state index in [0.717, 1.165) is 37.4 Å². The van der Waals surface area contributed by atoms with E-state index in [1.165, 1.54) is 16.8 Å². The smallest absolute Gasteiger partial charge is 0.161 e. The summed E-state index contributed by atoms with van der Waals surface area (Å²) >= 11 is 0. The lowest BCUT2D eigenvalue weighted by molar-refractivity contribution is 0.171. The van der Waals surface area contributed by atoms with E-state index in [2.05, 4.69) is 34.6 Å². The van der Waals surface area contributed by atoms with Gasteiger partial charge in [0.1, 0.15) is 13.2 Å². The molecule has 21 heavy (non-hydrogen) atoms. The van der Waals surface area contributed by atoms with E-state index >= 15 is 0 Å². The number of benzene rings is 1. The number of hydrogen-bond donors (Lipinski definition) is 2. The van der Waals surface area contributed by atoms with Crippen LogP contribution in [-0.2, 0) is 13.0 Å². The number of hydrogen-bond acceptors (Lipinski definition) is 4. The highest BCUT2D eigenvalue weighted by atomic mass is 16.6. The first-order valence-electron chi connectivity index (χ1n) is 7.41. The van der Waals surface area contributed by atoms with Gasteiger partial charge in [-0.3, -0.25) is 5.10 Å². The van der Waals surface area contributed by atoms with Gasteiger partial charge in [0.25, 0.3) is 0 Å². The average Bonchev–Trinajstić information content (AvgIpc) is 2.92. The molecule has 112 valence electrons. The van der Waals surface area contributed by atoms with Gasteiger partial charge in [0.2, 0.25) is 0 Å². The van der Waals surface area contributed by atoms with Gasteiger partial charge in [-0.15, -0.1) is 0 Å². The molecule has 5 nitrogen and oxygen atoms in total. The third-order valence-corrected chi connectivity index (χ3v) is 3.67. The zero-order valence-corrected chi connectivity index (χ0v) is 12.3. The summed E-state index contributed by atoms with van der Waals surface area (Å²) in [7, 11) is 0. The van der Waals surface area contributed by atoms with Gasteiger partial charge < -0.3 is 14.8 Å². The second kappa shape index (κ2) is 6.63. The highest BCUT2D eigenvalue weighted by Gasteiger charge is 2.11. The van der Waals surface area contributed by atoms with Gasteiger partial charge >= 0.3 is 0 Å². The number of ether oxygens (including phenoxy) is 2. The first kappa shape index (κ1) is 13.9. The van der Waals surface area contributed by atoms with Crippen molar-refractivity contribution >= 4 is 0 Å². The average molecular weight is 287 g/mol. The van der Waals surface area contributed by atoms with Crippen molar-refractivity contribution in [1.82, 2.24) is 15.5 Å². The number of aryl methyl sites for hydroxylation is 2. The number of nitrogens with one attached hydrogen (secondary N) is 2. The Labute approximate surface area is 124 Å². The summed E-state index contributed by atoms with van der Waals surface area (Å²) < 4.78 is 11.1. The van der Waals surface area contributed by atoms with E-state index in [1.807, 2.05) is 12.3 Å². The molecule has 0 unspecified atom stereocenters. The number of aromatic amines is 1. The van der Waals surface area contributed by atoms with Crippen LogP contribution in [0.15, 0.2) is 24.4 Å². The molecule has 5 heteroatoms. The Morgan fingerprint density at radius 1 is 1.24 bits per heavy atom. The van der Waals surface area contributed by atoms with Crippen LogP contribution in [0.1, 0.15) is 23.2 Å². The molecule has 0 fully saturated rings. The molecule has 3 rings (SSSR count). The van der Waals surface area contributed by atoms with Crippen LogP contribution in [0.3, 0.4) is 0 Å². The molecule has 1 aromatic carbocycles. The minimum Gasteiger partial charge on any atom is -0.486 e. The van der Waals surface area contributed by atoms with E-state index in [-0.39, 0.29) is 0 Å². The molecule has 1 aliphatic heterocycles. The predicted molar refractivity (Wildman–Crippen MR) is 80.8 cm³/mol. The first-order valence-corrected chi connectivity index (χ1v) is 7.41. The minimum absolute atomic E-state index is 0.633. The summed E-state index contributed by atoms with van der Waals surface area (Å²) in [6, 6.07) is 6.13. The van der Waals surface area contributed by atoms with E-state index in [0.29, 0.717) is 13.2 Å². The summed E-state index contributed by atoms with van der Waals surface area (Å²) in [6.07, 6.45) is 4.07. The van der Waals surface area contributed by atoms with Crippen LogP contribution in [0, 0.1) is 6.92 Å². The van der Waals surface area contributed by atoms with Gasteiger partial charge in [0.15, 0.2) is 11.5 Å². The maximum Gasteiger partial charge on any atom is 0.161 e. The zero-order valence-electron chi connectivity index (χ0n) is 12.3. The fourth-order valence-electron chi connectivity index (χ4n) is 2.46. The van der Waals surface area contributed by atoms with Gasteiger partial charge in [0, 0.05) is 12.2 Å². The van der Waals surface area contributed by atoms with Crippen molar-refractivity contribution in [1.29, 1.82) is 0 Å². The number of aromatic nitrogens is 2.